The molecule has 0 saturated carbocycles. The van der Waals surface area contributed by atoms with Gasteiger partial charge in [-0.05, 0) is 40.4 Å². The van der Waals surface area contributed by atoms with Crippen LogP contribution in [0, 0.1) is 5.92 Å². The van der Waals surface area contributed by atoms with E-state index < -0.39 is 0 Å². The maximum absolute atomic E-state index is 12.1. The summed E-state index contributed by atoms with van der Waals surface area (Å²) in [6, 6.07) is 6.49. The van der Waals surface area contributed by atoms with Crippen molar-refractivity contribution in [1.82, 2.24) is 14.4 Å². The van der Waals surface area contributed by atoms with E-state index in [1.165, 1.54) is 11.3 Å². The number of carbonyl (C=O) groups excluding carboxylic acids is 1. The minimum Gasteiger partial charge on any atom is -0.350 e. The Labute approximate surface area is 136 Å². The molecule has 0 aromatic carbocycles. The molecule has 0 radical (unpaired) electrons. The van der Waals surface area contributed by atoms with Crippen LogP contribution >= 0.6 is 11.3 Å². The summed E-state index contributed by atoms with van der Waals surface area (Å²) in [5, 5.41) is 4.34. The zero-order valence-electron chi connectivity index (χ0n) is 13.2. The fraction of sp³-hybridized carbons (Fsp3) is 0.471. The largest absolute Gasteiger partial charge is 0.350 e. The highest BCUT2D eigenvalue weighted by Crippen LogP contribution is 2.22. The number of amides is 1. The average molecular weight is 317 g/mol. The van der Waals surface area contributed by atoms with E-state index in [-0.39, 0.29) is 5.91 Å². The number of rotatable bonds is 4. The van der Waals surface area contributed by atoms with Gasteiger partial charge in [-0.1, -0.05) is 0 Å². The van der Waals surface area contributed by atoms with E-state index in [0.29, 0.717) is 12.3 Å². The SMILES string of the molecule is CN(C)C(=O)C[C@@H]1CN(Cc2ccsc2)Cc2cccn2C1. The number of hydrogen-bond donors (Lipinski definition) is 0. The number of carbonyl (C=O) groups is 1. The summed E-state index contributed by atoms with van der Waals surface area (Å²) in [6.45, 7) is 3.82. The minimum absolute atomic E-state index is 0.219. The van der Waals surface area contributed by atoms with E-state index in [4.69, 9.17) is 0 Å². The second kappa shape index (κ2) is 6.67. The van der Waals surface area contributed by atoms with Crippen molar-refractivity contribution in [2.24, 2.45) is 5.92 Å². The Balaban J connectivity index is 1.75. The van der Waals surface area contributed by atoms with Crippen LogP contribution in [0.4, 0.5) is 0 Å². The van der Waals surface area contributed by atoms with Crippen LogP contribution in [0.15, 0.2) is 35.2 Å². The molecule has 1 aliphatic rings. The Morgan fingerprint density at radius 2 is 2.23 bits per heavy atom. The second-order valence-corrected chi connectivity index (χ2v) is 7.09. The van der Waals surface area contributed by atoms with Crippen LogP contribution in [-0.2, 0) is 24.4 Å². The summed E-state index contributed by atoms with van der Waals surface area (Å²) < 4.78 is 2.31. The molecule has 0 aliphatic carbocycles. The van der Waals surface area contributed by atoms with Gasteiger partial charge in [0, 0.05) is 58.6 Å². The molecule has 0 N–H and O–H groups in total. The monoisotopic (exact) mass is 317 g/mol. The lowest BCUT2D eigenvalue weighted by Crippen LogP contribution is -2.31. The summed E-state index contributed by atoms with van der Waals surface area (Å²) in [6.07, 6.45) is 2.75. The second-order valence-electron chi connectivity index (χ2n) is 6.31. The first kappa shape index (κ1) is 15.3. The predicted molar refractivity (Wildman–Crippen MR) is 89.7 cm³/mol. The van der Waals surface area contributed by atoms with Crippen LogP contribution in [0.2, 0.25) is 0 Å². The van der Waals surface area contributed by atoms with Crippen molar-refractivity contribution in [2.45, 2.75) is 26.1 Å². The zero-order chi connectivity index (χ0) is 15.5. The standard InChI is InChI=1S/C17H23N3OS/c1-18(2)17(21)8-15-10-19(9-14-5-7-22-13-14)12-16-4-3-6-20(16)11-15/h3-7,13,15H,8-12H2,1-2H3/t15-/m1/s1. The Hall–Kier alpha value is -1.59. The molecule has 1 amide bonds. The lowest BCUT2D eigenvalue weighted by atomic mass is 10.0. The molecule has 22 heavy (non-hydrogen) atoms. The van der Waals surface area contributed by atoms with Crippen molar-refractivity contribution in [3.8, 4) is 0 Å². The van der Waals surface area contributed by atoms with Crippen molar-refractivity contribution < 1.29 is 4.79 Å². The lowest BCUT2D eigenvalue weighted by molar-refractivity contribution is -0.129. The van der Waals surface area contributed by atoms with E-state index in [2.05, 4.69) is 44.6 Å². The Bertz CT molecular complexity index is 618. The van der Waals surface area contributed by atoms with Crippen LogP contribution in [-0.4, -0.2) is 40.9 Å². The maximum Gasteiger partial charge on any atom is 0.222 e. The van der Waals surface area contributed by atoms with Crippen LogP contribution in [0.1, 0.15) is 17.7 Å². The smallest absolute Gasteiger partial charge is 0.222 e. The number of hydrogen-bond acceptors (Lipinski definition) is 3. The van der Waals surface area contributed by atoms with Gasteiger partial charge < -0.3 is 9.47 Å². The summed E-state index contributed by atoms with van der Waals surface area (Å²) in [7, 11) is 3.67. The van der Waals surface area contributed by atoms with Gasteiger partial charge in [0.15, 0.2) is 0 Å². The summed E-state index contributed by atoms with van der Waals surface area (Å²) in [5.74, 6) is 0.582. The molecule has 2 aromatic rings. The highest BCUT2D eigenvalue weighted by molar-refractivity contribution is 7.07. The molecular formula is C17H23N3OS. The Morgan fingerprint density at radius 3 is 2.95 bits per heavy atom. The van der Waals surface area contributed by atoms with Crippen molar-refractivity contribution in [1.29, 1.82) is 0 Å². The van der Waals surface area contributed by atoms with Crippen LogP contribution in [0.25, 0.3) is 0 Å². The molecule has 118 valence electrons. The fourth-order valence-electron chi connectivity index (χ4n) is 3.09. The molecule has 3 heterocycles. The van der Waals surface area contributed by atoms with Gasteiger partial charge in [0.2, 0.25) is 5.91 Å². The summed E-state index contributed by atoms with van der Waals surface area (Å²) in [5.41, 5.74) is 2.71. The zero-order valence-corrected chi connectivity index (χ0v) is 14.1. The molecule has 0 saturated heterocycles. The fourth-order valence-corrected chi connectivity index (χ4v) is 3.75. The molecule has 3 rings (SSSR count). The van der Waals surface area contributed by atoms with Gasteiger partial charge in [0.1, 0.15) is 0 Å². The third-order valence-corrected chi connectivity index (χ3v) is 4.96. The molecule has 0 bridgehead atoms. The van der Waals surface area contributed by atoms with Gasteiger partial charge in [0.25, 0.3) is 0 Å². The van der Waals surface area contributed by atoms with Crippen LogP contribution in [0.3, 0.4) is 0 Å². The van der Waals surface area contributed by atoms with Gasteiger partial charge in [0.05, 0.1) is 0 Å². The van der Waals surface area contributed by atoms with Crippen LogP contribution < -0.4 is 0 Å². The van der Waals surface area contributed by atoms with Crippen molar-refractivity contribution >= 4 is 17.2 Å². The molecule has 0 spiro atoms. The van der Waals surface area contributed by atoms with Gasteiger partial charge in [-0.3, -0.25) is 9.69 Å². The van der Waals surface area contributed by atoms with Crippen LogP contribution in [0.5, 0.6) is 0 Å². The number of thiophene rings is 1. The third-order valence-electron chi connectivity index (χ3n) is 4.23. The van der Waals surface area contributed by atoms with E-state index in [0.717, 1.165) is 26.2 Å². The normalized spacial score (nSPS) is 18.7. The minimum atomic E-state index is 0.219. The lowest BCUT2D eigenvalue weighted by Gasteiger charge is -2.24. The number of nitrogens with zero attached hydrogens (tertiary/aromatic N) is 3. The van der Waals surface area contributed by atoms with Gasteiger partial charge in [-0.25, -0.2) is 0 Å². The van der Waals surface area contributed by atoms with Crippen molar-refractivity contribution in [3.05, 3.63) is 46.4 Å². The Morgan fingerprint density at radius 1 is 1.36 bits per heavy atom. The van der Waals surface area contributed by atoms with E-state index >= 15 is 0 Å². The molecule has 0 fully saturated rings. The number of fused-ring (bicyclic) bond motifs is 1. The maximum atomic E-state index is 12.1. The average Bonchev–Trinajstić information content (AvgIpc) is 3.08. The predicted octanol–water partition coefficient (Wildman–Crippen LogP) is 2.66. The molecule has 1 aliphatic heterocycles. The molecule has 2 aromatic heterocycles. The molecule has 4 nitrogen and oxygen atoms in total. The summed E-state index contributed by atoms with van der Waals surface area (Å²) in [4.78, 5) is 16.3. The first-order chi connectivity index (χ1) is 10.6. The van der Waals surface area contributed by atoms with E-state index in [1.54, 1.807) is 16.2 Å². The highest BCUT2D eigenvalue weighted by Gasteiger charge is 2.24. The molecule has 1 atom stereocenters. The Kier molecular flexibility index (Phi) is 4.64. The molecular weight excluding hydrogens is 294 g/mol. The number of aromatic nitrogens is 1. The first-order valence-corrected chi connectivity index (χ1v) is 8.63. The van der Waals surface area contributed by atoms with E-state index in [9.17, 15) is 4.79 Å². The van der Waals surface area contributed by atoms with E-state index in [1.807, 2.05) is 14.1 Å². The topological polar surface area (TPSA) is 28.5 Å². The van der Waals surface area contributed by atoms with Crippen molar-refractivity contribution in [2.75, 3.05) is 20.6 Å². The molecule has 5 heteroatoms. The van der Waals surface area contributed by atoms with Gasteiger partial charge in [-0.2, -0.15) is 11.3 Å². The summed E-state index contributed by atoms with van der Waals surface area (Å²) >= 11 is 1.74. The first-order valence-electron chi connectivity index (χ1n) is 7.69. The van der Waals surface area contributed by atoms with Gasteiger partial charge >= 0.3 is 0 Å². The third kappa shape index (κ3) is 3.59. The van der Waals surface area contributed by atoms with Crippen molar-refractivity contribution in [3.63, 3.8) is 0 Å². The van der Waals surface area contributed by atoms with Gasteiger partial charge in [-0.15, -0.1) is 0 Å². The molecule has 0 unspecified atom stereocenters. The quantitative estimate of drug-likeness (QED) is 0.867. The highest BCUT2D eigenvalue weighted by atomic mass is 32.1.